The second kappa shape index (κ2) is 13.4. The largest absolute Gasteiger partial charge is 0.494 e. The summed E-state index contributed by atoms with van der Waals surface area (Å²) in [5.41, 5.74) is 9.14. The third-order valence-corrected chi connectivity index (χ3v) is 14.6. The molecule has 0 spiro atoms. The maximum atomic E-state index is 6.41. The van der Waals surface area contributed by atoms with Gasteiger partial charge < -0.3 is 28.4 Å². The van der Waals surface area contributed by atoms with E-state index in [1.54, 1.807) is 29.9 Å². The highest BCUT2D eigenvalue weighted by molar-refractivity contribution is 8.00. The van der Waals surface area contributed by atoms with Crippen molar-refractivity contribution >= 4 is 71.4 Å². The first kappa shape index (κ1) is 37.8. The molecule has 0 amide bonds. The molecule has 2 fully saturated rings. The van der Waals surface area contributed by atoms with Crippen molar-refractivity contribution in [3.63, 3.8) is 0 Å². The number of anilines is 4. The van der Waals surface area contributed by atoms with Crippen LogP contribution in [0.15, 0.2) is 105 Å². The predicted molar refractivity (Wildman–Crippen MR) is 231 cm³/mol. The van der Waals surface area contributed by atoms with E-state index in [2.05, 4.69) is 158 Å². The van der Waals surface area contributed by atoms with Crippen LogP contribution in [0.4, 0.5) is 22.7 Å². The Morgan fingerprint density at radius 2 is 0.821 bits per heavy atom. The van der Waals surface area contributed by atoms with Gasteiger partial charge in [0.1, 0.15) is 6.33 Å². The minimum atomic E-state index is -0.409. The number of fused-ring (bicyclic) bond motifs is 4. The first-order valence-corrected chi connectivity index (χ1v) is 21.2. The molecule has 8 nitrogen and oxygen atoms in total. The van der Waals surface area contributed by atoms with Crippen LogP contribution in [-0.2, 0) is 18.6 Å². The maximum absolute atomic E-state index is 6.41. The zero-order valence-corrected chi connectivity index (χ0v) is 35.5. The summed E-state index contributed by atoms with van der Waals surface area (Å²) in [6, 6.07) is 28.6. The van der Waals surface area contributed by atoms with E-state index in [9.17, 15) is 0 Å². The molecular weight excluding hydrogens is 734 g/mol. The molecule has 0 bridgehead atoms. The normalized spacial score (nSPS) is 19.8. The molecule has 9 rings (SSSR count). The highest BCUT2D eigenvalue weighted by Gasteiger charge is 2.53. The summed E-state index contributed by atoms with van der Waals surface area (Å²) < 4.78 is 25.6. The lowest BCUT2D eigenvalue weighted by Crippen LogP contribution is -2.41. The highest BCUT2D eigenvalue weighted by Crippen LogP contribution is 2.51. The van der Waals surface area contributed by atoms with Gasteiger partial charge in [0.2, 0.25) is 0 Å². The van der Waals surface area contributed by atoms with Gasteiger partial charge in [0, 0.05) is 43.8 Å². The third kappa shape index (κ3) is 6.19. The maximum Gasteiger partial charge on any atom is 0.494 e. The fourth-order valence-electron chi connectivity index (χ4n) is 7.73. The second-order valence-electron chi connectivity index (χ2n) is 17.0. The van der Waals surface area contributed by atoms with Crippen molar-refractivity contribution in [2.75, 3.05) is 22.9 Å². The molecule has 0 atom stereocenters. The highest BCUT2D eigenvalue weighted by atomic mass is 32.2. The summed E-state index contributed by atoms with van der Waals surface area (Å²) >= 11 is 3.57. The predicted octanol–water partition coefficient (Wildman–Crippen LogP) is 9.65. The van der Waals surface area contributed by atoms with E-state index in [1.165, 1.54) is 42.3 Å². The molecule has 4 aliphatic rings. The van der Waals surface area contributed by atoms with Crippen LogP contribution in [0, 0.1) is 0 Å². The minimum Gasteiger partial charge on any atom is -0.399 e. The quantitative estimate of drug-likeness (QED) is 0.156. The lowest BCUT2D eigenvalue weighted by Gasteiger charge is -2.32. The molecule has 12 heteroatoms. The molecule has 0 unspecified atom stereocenters. The van der Waals surface area contributed by atoms with Crippen molar-refractivity contribution in [2.24, 2.45) is 0 Å². The van der Waals surface area contributed by atoms with Gasteiger partial charge in [0.25, 0.3) is 0 Å². The standard InChI is InChI=1S/C44H48B2N4O4S2/c1-11-49-33-17-13-27(21-37(33)55-39-23-29(15-19-35(39)49)45-51-41(3,4)42(5,6)52-45)31-25-32(48-26-47-31)28-14-18-34-38(22-28)56-40-24-30(16-20-36(40)50(34)12-2)46-53-43(7,8)44(9,10)54-46/h13-26H,11-12H2,1-10H3. The number of hydrogen-bond donors (Lipinski definition) is 0. The second-order valence-corrected chi connectivity index (χ2v) is 19.1. The molecule has 0 aliphatic carbocycles. The van der Waals surface area contributed by atoms with Crippen molar-refractivity contribution < 1.29 is 18.6 Å². The number of aromatic nitrogens is 2. The Kier molecular flexibility index (Phi) is 9.04. The molecule has 5 aromatic rings. The first-order chi connectivity index (χ1) is 26.6. The van der Waals surface area contributed by atoms with Gasteiger partial charge in [-0.2, -0.15) is 0 Å². The molecule has 56 heavy (non-hydrogen) atoms. The molecule has 4 aliphatic heterocycles. The van der Waals surface area contributed by atoms with Gasteiger partial charge in [-0.05, 0) is 135 Å². The summed E-state index contributed by atoms with van der Waals surface area (Å²) in [6.45, 7) is 22.9. The summed E-state index contributed by atoms with van der Waals surface area (Å²) in [6.07, 6.45) is 1.68. The van der Waals surface area contributed by atoms with Crippen molar-refractivity contribution in [1.29, 1.82) is 0 Å². The molecule has 0 saturated carbocycles. The van der Waals surface area contributed by atoms with E-state index in [4.69, 9.17) is 28.6 Å². The zero-order chi connectivity index (χ0) is 39.4. The lowest BCUT2D eigenvalue weighted by atomic mass is 9.79. The van der Waals surface area contributed by atoms with Gasteiger partial charge in [0.05, 0.1) is 56.5 Å². The summed E-state index contributed by atoms with van der Waals surface area (Å²) in [4.78, 5) is 19.0. The van der Waals surface area contributed by atoms with Crippen LogP contribution >= 0.6 is 23.5 Å². The Balaban J connectivity index is 0.994. The molecule has 286 valence electrons. The SMILES string of the molecule is CCN1c2ccc(B3OC(C)(C)C(C)(C)O3)cc2Sc2cc(-c3cc(-c4ccc5c(c4)Sc4cc(B6OC(C)(C)C(C)(C)O6)ccc4N5CC)ncn3)ccc21. The average Bonchev–Trinajstić information content (AvgIpc) is 3.54. The van der Waals surface area contributed by atoms with E-state index in [0.717, 1.165) is 46.5 Å². The van der Waals surface area contributed by atoms with Crippen molar-refractivity contribution in [1.82, 2.24) is 9.97 Å². The summed E-state index contributed by atoms with van der Waals surface area (Å²) in [5.74, 6) is 0. The van der Waals surface area contributed by atoms with E-state index in [0.29, 0.717) is 0 Å². The van der Waals surface area contributed by atoms with Gasteiger partial charge in [0.15, 0.2) is 0 Å². The molecule has 1 aromatic heterocycles. The number of benzene rings is 4. The van der Waals surface area contributed by atoms with Crippen LogP contribution in [0.2, 0.25) is 0 Å². The Morgan fingerprint density at radius 3 is 1.18 bits per heavy atom. The molecule has 2 saturated heterocycles. The molecular formula is C44H48B2N4O4S2. The van der Waals surface area contributed by atoms with Gasteiger partial charge in [-0.1, -0.05) is 47.8 Å². The Labute approximate surface area is 340 Å². The van der Waals surface area contributed by atoms with Gasteiger partial charge in [-0.15, -0.1) is 0 Å². The molecule has 0 N–H and O–H groups in total. The fraction of sp³-hybridized carbons (Fsp3) is 0.364. The Bertz CT molecular complexity index is 2200. The van der Waals surface area contributed by atoms with Crippen molar-refractivity contribution in [3.8, 4) is 22.5 Å². The van der Waals surface area contributed by atoms with Gasteiger partial charge >= 0.3 is 14.2 Å². The van der Waals surface area contributed by atoms with Gasteiger partial charge in [-0.25, -0.2) is 9.97 Å². The number of hydrogen-bond acceptors (Lipinski definition) is 10. The third-order valence-electron chi connectivity index (χ3n) is 12.4. The van der Waals surface area contributed by atoms with E-state index in [-0.39, 0.29) is 0 Å². The Hall–Kier alpha value is -3.77. The smallest absolute Gasteiger partial charge is 0.399 e. The van der Waals surface area contributed by atoms with E-state index >= 15 is 0 Å². The fourth-order valence-corrected chi connectivity index (χ4v) is 10.1. The van der Waals surface area contributed by atoms with E-state index < -0.39 is 36.6 Å². The first-order valence-electron chi connectivity index (χ1n) is 19.6. The summed E-state index contributed by atoms with van der Waals surface area (Å²) in [5, 5.41) is 0. The zero-order valence-electron chi connectivity index (χ0n) is 33.9. The number of rotatable bonds is 6. The average molecular weight is 783 g/mol. The van der Waals surface area contributed by atoms with Crippen LogP contribution in [0.1, 0.15) is 69.2 Å². The molecule has 0 radical (unpaired) electrons. The van der Waals surface area contributed by atoms with E-state index in [1.807, 2.05) is 0 Å². The van der Waals surface area contributed by atoms with Crippen LogP contribution in [0.5, 0.6) is 0 Å². The summed E-state index contributed by atoms with van der Waals surface area (Å²) in [7, 11) is -0.817. The lowest BCUT2D eigenvalue weighted by molar-refractivity contribution is 0.00578. The van der Waals surface area contributed by atoms with Crippen LogP contribution in [0.25, 0.3) is 22.5 Å². The van der Waals surface area contributed by atoms with Crippen molar-refractivity contribution in [2.45, 2.75) is 111 Å². The number of nitrogens with zero attached hydrogens (tertiary/aromatic N) is 4. The molecule has 4 aromatic carbocycles. The van der Waals surface area contributed by atoms with Gasteiger partial charge in [-0.3, -0.25) is 0 Å². The van der Waals surface area contributed by atoms with Crippen LogP contribution in [-0.4, -0.2) is 59.7 Å². The van der Waals surface area contributed by atoms with Crippen LogP contribution < -0.4 is 20.7 Å². The van der Waals surface area contributed by atoms with Crippen molar-refractivity contribution in [3.05, 3.63) is 85.2 Å². The monoisotopic (exact) mass is 782 g/mol. The topological polar surface area (TPSA) is 69.2 Å². The molecule has 5 heterocycles. The van der Waals surface area contributed by atoms with Crippen LogP contribution in [0.3, 0.4) is 0 Å². The minimum absolute atomic E-state index is 0.396. The Morgan fingerprint density at radius 1 is 0.482 bits per heavy atom.